The van der Waals surface area contributed by atoms with Gasteiger partial charge in [0.2, 0.25) is 5.54 Å². The molecule has 3 amide bonds. The number of urea groups is 1. The number of halogens is 1. The van der Waals surface area contributed by atoms with E-state index in [1.165, 1.54) is 17.7 Å². The minimum absolute atomic E-state index is 0.00553. The third-order valence-electron chi connectivity index (χ3n) is 4.93. The molecule has 3 aromatic rings. The van der Waals surface area contributed by atoms with Crippen LogP contribution in [0.1, 0.15) is 11.1 Å². The van der Waals surface area contributed by atoms with E-state index in [1.54, 1.807) is 24.4 Å². The average Bonchev–Trinajstić information content (AvgIpc) is 3.21. The summed E-state index contributed by atoms with van der Waals surface area (Å²) < 4.78 is 20.0. The van der Waals surface area contributed by atoms with Gasteiger partial charge in [0.05, 0.1) is 19.2 Å². The number of rotatable bonds is 3. The van der Waals surface area contributed by atoms with Crippen molar-refractivity contribution in [3.63, 3.8) is 0 Å². The number of aromatic hydroxyl groups is 1. The van der Waals surface area contributed by atoms with Crippen LogP contribution in [-0.4, -0.2) is 34.3 Å². The van der Waals surface area contributed by atoms with Gasteiger partial charge in [0.15, 0.2) is 5.88 Å². The highest BCUT2D eigenvalue weighted by atomic mass is 19.1. The van der Waals surface area contributed by atoms with Crippen LogP contribution in [0.2, 0.25) is 0 Å². The minimum atomic E-state index is -1.71. The molecule has 1 aromatic heterocycles. The second-order valence-electron chi connectivity index (χ2n) is 6.90. The second-order valence-corrected chi connectivity index (χ2v) is 6.90. The molecule has 1 fully saturated rings. The highest BCUT2D eigenvalue weighted by Crippen LogP contribution is 2.32. The molecule has 0 radical (unpaired) electrons. The van der Waals surface area contributed by atoms with Gasteiger partial charge < -0.3 is 19.7 Å². The molecule has 154 valence electrons. The van der Waals surface area contributed by atoms with Crippen molar-refractivity contribution in [1.82, 2.24) is 15.2 Å². The molecule has 8 nitrogen and oxygen atoms in total. The van der Waals surface area contributed by atoms with Gasteiger partial charge in [-0.3, -0.25) is 10.1 Å². The van der Waals surface area contributed by atoms with Gasteiger partial charge in [0.25, 0.3) is 5.91 Å². The van der Waals surface area contributed by atoms with E-state index in [1.807, 2.05) is 6.07 Å². The molecule has 31 heavy (non-hydrogen) atoms. The van der Waals surface area contributed by atoms with Gasteiger partial charge in [-0.15, -0.1) is 0 Å². The number of aromatic nitrogens is 1. The summed E-state index contributed by atoms with van der Waals surface area (Å²) in [7, 11) is 1.50. The highest BCUT2D eigenvalue weighted by molar-refractivity contribution is 6.09. The molecular weight excluding hydrogens is 403 g/mol. The summed E-state index contributed by atoms with van der Waals surface area (Å²) in [6.07, 6.45) is 1.61. The lowest BCUT2D eigenvalue weighted by molar-refractivity contribution is -0.122. The molecule has 1 saturated heterocycles. The van der Waals surface area contributed by atoms with Crippen molar-refractivity contribution in [3.8, 4) is 29.5 Å². The number of hydrogen-bond acceptors (Lipinski definition) is 5. The van der Waals surface area contributed by atoms with Crippen molar-refractivity contribution >= 4 is 22.7 Å². The zero-order valence-corrected chi connectivity index (χ0v) is 16.2. The third-order valence-corrected chi connectivity index (χ3v) is 4.93. The van der Waals surface area contributed by atoms with E-state index < -0.39 is 23.3 Å². The molecule has 1 atom stereocenters. The fourth-order valence-corrected chi connectivity index (χ4v) is 3.35. The van der Waals surface area contributed by atoms with Crippen molar-refractivity contribution in [1.29, 1.82) is 5.26 Å². The Morgan fingerprint density at radius 1 is 1.23 bits per heavy atom. The molecule has 0 aliphatic carbocycles. The van der Waals surface area contributed by atoms with Crippen molar-refractivity contribution in [2.45, 2.75) is 12.1 Å². The van der Waals surface area contributed by atoms with Gasteiger partial charge in [0, 0.05) is 22.5 Å². The van der Waals surface area contributed by atoms with E-state index in [-0.39, 0.29) is 23.6 Å². The smallest absolute Gasteiger partial charge is 0.323 e. The first kappa shape index (κ1) is 19.8. The molecule has 1 aliphatic rings. The fraction of sp³-hybridized carbons (Fsp3) is 0.136. The number of ether oxygens (including phenoxy) is 1. The Kier molecular flexibility index (Phi) is 4.72. The number of nitriles is 1. The molecule has 1 aliphatic heterocycles. The summed E-state index contributed by atoms with van der Waals surface area (Å²) >= 11 is 0. The molecule has 0 bridgehead atoms. The Morgan fingerprint density at radius 2 is 2.03 bits per heavy atom. The maximum Gasteiger partial charge on any atom is 0.323 e. The molecule has 0 saturated carbocycles. The first-order chi connectivity index (χ1) is 14.8. The number of methoxy groups -OCH3 is 1. The second kappa shape index (κ2) is 7.39. The quantitative estimate of drug-likeness (QED) is 0.444. The summed E-state index contributed by atoms with van der Waals surface area (Å²) in [5.41, 5.74) is -1.52. The number of carbonyl (C=O) groups excluding carboxylic acids is 2. The van der Waals surface area contributed by atoms with E-state index in [9.17, 15) is 24.3 Å². The lowest BCUT2D eigenvalue weighted by atomic mass is 9.99. The molecule has 4 rings (SSSR count). The molecule has 2 heterocycles. The van der Waals surface area contributed by atoms with Crippen molar-refractivity contribution in [3.05, 3.63) is 59.5 Å². The average molecular weight is 418 g/mol. The van der Waals surface area contributed by atoms with Gasteiger partial charge in [-0.25, -0.2) is 9.18 Å². The van der Waals surface area contributed by atoms with Crippen LogP contribution >= 0.6 is 0 Å². The maximum atomic E-state index is 13.4. The Bertz CT molecular complexity index is 1350. The topological polar surface area (TPSA) is 116 Å². The maximum absolute atomic E-state index is 13.4. The van der Waals surface area contributed by atoms with Crippen LogP contribution < -0.4 is 15.4 Å². The number of imide groups is 1. The van der Waals surface area contributed by atoms with Crippen molar-refractivity contribution in [2.24, 2.45) is 0 Å². The summed E-state index contributed by atoms with van der Waals surface area (Å²) in [4.78, 5) is 24.5. The van der Waals surface area contributed by atoms with Gasteiger partial charge in [0.1, 0.15) is 17.6 Å². The van der Waals surface area contributed by atoms with Crippen LogP contribution in [0, 0.1) is 29.0 Å². The summed E-state index contributed by atoms with van der Waals surface area (Å²) in [5.74, 6) is 4.50. The zero-order valence-electron chi connectivity index (χ0n) is 16.2. The number of carbonyl (C=O) groups is 2. The number of hydrogen-bond donors (Lipinski definition) is 3. The van der Waals surface area contributed by atoms with Crippen molar-refractivity contribution < 1.29 is 23.8 Å². The molecule has 9 heteroatoms. The summed E-state index contributed by atoms with van der Waals surface area (Å²) in [6.45, 7) is -0.205. The fourth-order valence-electron chi connectivity index (χ4n) is 3.35. The lowest BCUT2D eigenvalue weighted by Crippen LogP contribution is -2.49. The van der Waals surface area contributed by atoms with E-state index >= 15 is 0 Å². The number of nitrogens with one attached hydrogen (secondary N) is 2. The number of nitrogens with zero attached hydrogens (tertiary/aromatic N) is 2. The standard InChI is InChI=1S/C22H15FN4O4/c1-31-17-5-3-14-11-27(19(28)18(14)9-17)12-22(20(29)25-21(30)26-22)7-6-13-2-4-16(23)8-15(13)10-24/h2-5,8-9,11,28H,12H2,1H3,(H2,25,26,29,30)/t22-/m1/s1. The van der Waals surface area contributed by atoms with Gasteiger partial charge in [-0.05, 0) is 36.4 Å². The monoisotopic (exact) mass is 418 g/mol. The first-order valence-corrected chi connectivity index (χ1v) is 9.07. The van der Waals surface area contributed by atoms with Crippen LogP contribution in [0.15, 0.2) is 42.6 Å². The Morgan fingerprint density at radius 3 is 2.71 bits per heavy atom. The van der Waals surface area contributed by atoms with E-state index in [0.29, 0.717) is 16.5 Å². The highest BCUT2D eigenvalue weighted by Gasteiger charge is 2.46. The van der Waals surface area contributed by atoms with Gasteiger partial charge >= 0.3 is 6.03 Å². The predicted molar refractivity (Wildman–Crippen MR) is 108 cm³/mol. The molecular formula is C22H15FN4O4. The van der Waals surface area contributed by atoms with Crippen molar-refractivity contribution in [2.75, 3.05) is 7.11 Å². The van der Waals surface area contributed by atoms with Crippen LogP contribution in [0.4, 0.5) is 9.18 Å². The number of fused-ring (bicyclic) bond motifs is 1. The van der Waals surface area contributed by atoms with Gasteiger partial charge in [-0.2, -0.15) is 5.26 Å². The molecule has 0 spiro atoms. The SMILES string of the molecule is COc1ccc2cn(C[C@@]3(C#Cc4ccc(F)cc4C#N)NC(=O)NC3=O)c(O)c2c1. The molecule has 0 unspecified atom stereocenters. The zero-order chi connectivity index (χ0) is 22.2. The normalized spacial score (nSPS) is 17.5. The Labute approximate surface area is 175 Å². The van der Waals surface area contributed by atoms with Crippen LogP contribution in [0.5, 0.6) is 11.6 Å². The summed E-state index contributed by atoms with van der Waals surface area (Å²) in [5, 5.41) is 25.7. The number of amides is 3. The minimum Gasteiger partial charge on any atom is -0.497 e. The lowest BCUT2D eigenvalue weighted by Gasteiger charge is -2.20. The first-order valence-electron chi connectivity index (χ1n) is 9.07. The number of benzene rings is 2. The molecule has 3 N–H and O–H groups in total. The van der Waals surface area contributed by atoms with Gasteiger partial charge in [-0.1, -0.05) is 11.8 Å². The van der Waals surface area contributed by atoms with Crippen LogP contribution in [0.25, 0.3) is 10.8 Å². The van der Waals surface area contributed by atoms with Crippen LogP contribution in [-0.2, 0) is 11.3 Å². The van der Waals surface area contributed by atoms with E-state index in [2.05, 4.69) is 22.5 Å². The van der Waals surface area contributed by atoms with E-state index in [4.69, 9.17) is 4.74 Å². The summed E-state index contributed by atoms with van der Waals surface area (Å²) in [6, 6.07) is 9.71. The Balaban J connectivity index is 1.79. The molecule has 2 aromatic carbocycles. The van der Waals surface area contributed by atoms with E-state index in [0.717, 1.165) is 12.1 Å². The Hall–Kier alpha value is -4.50. The van der Waals surface area contributed by atoms with Crippen LogP contribution in [0.3, 0.4) is 0 Å². The largest absolute Gasteiger partial charge is 0.497 e. The predicted octanol–water partition coefficient (Wildman–Crippen LogP) is 2.00. The third kappa shape index (κ3) is 3.49.